The van der Waals surface area contributed by atoms with E-state index < -0.39 is 23.7 Å². The van der Waals surface area contributed by atoms with Crippen molar-refractivity contribution in [1.29, 1.82) is 0 Å². The molecule has 0 spiro atoms. The van der Waals surface area contributed by atoms with Crippen LogP contribution >= 0.6 is 0 Å². The van der Waals surface area contributed by atoms with Gasteiger partial charge in [-0.05, 0) is 61.9 Å². The van der Waals surface area contributed by atoms with Crippen molar-refractivity contribution in [1.82, 2.24) is 24.9 Å². The van der Waals surface area contributed by atoms with E-state index in [1.165, 1.54) is 12.3 Å². The number of fused-ring (bicyclic) bond motifs is 1. The van der Waals surface area contributed by atoms with Gasteiger partial charge in [0.2, 0.25) is 5.95 Å². The van der Waals surface area contributed by atoms with Crippen LogP contribution in [0.15, 0.2) is 36.5 Å². The van der Waals surface area contributed by atoms with E-state index in [1.807, 2.05) is 7.05 Å². The van der Waals surface area contributed by atoms with E-state index in [-0.39, 0.29) is 41.5 Å². The standard InChI is InChI=1S/C34H38F3N7O4/c1-44(18-33(19-48-2)12-4-3-5-13-33)26-16-25(22-14-24(21-8-9-21)39-27(15-22)34(35,36)37)40-30-29(26)41-32(42-30)43-31(47)23-10-6-20(17-38-23)7-11-28(45)46/h6,10,14-17,21H,3-5,7-9,11-13,18-19H2,1-2H3,(H,45,46)(H2,40,41,42,43,47). The first kappa shape index (κ1) is 33.3. The van der Waals surface area contributed by atoms with Gasteiger partial charge in [-0.15, -0.1) is 0 Å². The van der Waals surface area contributed by atoms with Gasteiger partial charge in [-0.25, -0.2) is 9.97 Å². The van der Waals surface area contributed by atoms with Gasteiger partial charge >= 0.3 is 12.1 Å². The molecule has 1 amide bonds. The van der Waals surface area contributed by atoms with Crippen molar-refractivity contribution in [3.05, 3.63) is 59.2 Å². The number of nitrogens with zero attached hydrogens (tertiary/aromatic N) is 5. The number of methoxy groups -OCH3 is 1. The lowest BCUT2D eigenvalue weighted by molar-refractivity contribution is -0.141. The van der Waals surface area contributed by atoms with Gasteiger partial charge in [0, 0.05) is 55.9 Å². The Labute approximate surface area is 275 Å². The second-order valence-corrected chi connectivity index (χ2v) is 13.0. The minimum absolute atomic E-state index is 0.0100. The number of hydrogen-bond donors (Lipinski definition) is 3. The van der Waals surface area contributed by atoms with Crippen LogP contribution in [-0.2, 0) is 22.1 Å². The number of carboxylic acids is 1. The van der Waals surface area contributed by atoms with E-state index in [9.17, 15) is 22.8 Å². The molecule has 2 saturated carbocycles. The largest absolute Gasteiger partial charge is 0.481 e. The zero-order valence-electron chi connectivity index (χ0n) is 26.9. The molecule has 14 heteroatoms. The van der Waals surface area contributed by atoms with Gasteiger partial charge in [-0.2, -0.15) is 18.2 Å². The molecule has 0 saturated heterocycles. The lowest BCUT2D eigenvalue weighted by Gasteiger charge is -2.40. The number of amides is 1. The number of carbonyl (C=O) groups is 2. The van der Waals surface area contributed by atoms with Crippen LogP contribution in [0, 0.1) is 5.41 Å². The topological polar surface area (TPSA) is 146 Å². The maximum atomic E-state index is 14.0. The summed E-state index contributed by atoms with van der Waals surface area (Å²) in [4.78, 5) is 46.5. The van der Waals surface area contributed by atoms with E-state index >= 15 is 0 Å². The summed E-state index contributed by atoms with van der Waals surface area (Å²) >= 11 is 0. The summed E-state index contributed by atoms with van der Waals surface area (Å²) < 4.78 is 47.5. The van der Waals surface area contributed by atoms with E-state index in [1.54, 1.807) is 25.3 Å². The fourth-order valence-electron chi connectivity index (χ4n) is 6.59. The smallest absolute Gasteiger partial charge is 0.433 e. The fraction of sp³-hybridized carbons (Fsp3) is 0.471. The Hall–Kier alpha value is -4.59. The van der Waals surface area contributed by atoms with Crippen molar-refractivity contribution in [2.45, 2.75) is 69.9 Å². The van der Waals surface area contributed by atoms with E-state index in [0.29, 0.717) is 46.9 Å². The number of carbonyl (C=O) groups excluding carboxylic acids is 1. The Morgan fingerprint density at radius 3 is 2.52 bits per heavy atom. The maximum Gasteiger partial charge on any atom is 0.433 e. The number of aliphatic carboxylic acids is 1. The second-order valence-electron chi connectivity index (χ2n) is 13.0. The summed E-state index contributed by atoms with van der Waals surface area (Å²) in [5.41, 5.74) is 2.13. The molecular weight excluding hydrogens is 627 g/mol. The van der Waals surface area contributed by atoms with E-state index in [2.05, 4.69) is 35.1 Å². The summed E-state index contributed by atoms with van der Waals surface area (Å²) in [6.45, 7) is 1.21. The molecule has 4 aromatic rings. The molecule has 48 heavy (non-hydrogen) atoms. The Kier molecular flexibility index (Phi) is 9.37. The molecule has 0 radical (unpaired) electrons. The van der Waals surface area contributed by atoms with Crippen LogP contribution in [0.4, 0.5) is 24.8 Å². The van der Waals surface area contributed by atoms with E-state index in [0.717, 1.165) is 51.0 Å². The molecule has 11 nitrogen and oxygen atoms in total. The van der Waals surface area contributed by atoms with Crippen molar-refractivity contribution in [3.63, 3.8) is 0 Å². The summed E-state index contributed by atoms with van der Waals surface area (Å²) in [7, 11) is 3.63. The predicted octanol–water partition coefficient (Wildman–Crippen LogP) is 6.61. The second kappa shape index (κ2) is 13.5. The zero-order chi connectivity index (χ0) is 34.1. The molecular formula is C34H38F3N7O4. The van der Waals surface area contributed by atoms with Crippen molar-refractivity contribution < 1.29 is 32.6 Å². The summed E-state index contributed by atoms with van der Waals surface area (Å²) in [6.07, 6.45) is 3.96. The Morgan fingerprint density at radius 2 is 1.88 bits per heavy atom. The number of halogens is 3. The van der Waals surface area contributed by atoms with Crippen LogP contribution in [0.1, 0.15) is 84.7 Å². The quantitative estimate of drug-likeness (QED) is 0.152. The van der Waals surface area contributed by atoms with Gasteiger partial charge in [0.05, 0.1) is 18.0 Å². The number of pyridine rings is 3. The van der Waals surface area contributed by atoms with Crippen LogP contribution in [0.25, 0.3) is 22.4 Å². The van der Waals surface area contributed by atoms with Gasteiger partial charge in [-0.1, -0.05) is 25.3 Å². The zero-order valence-corrected chi connectivity index (χ0v) is 26.9. The number of alkyl halides is 3. The molecule has 0 atom stereocenters. The van der Waals surface area contributed by atoms with Crippen molar-refractivity contribution in [2.24, 2.45) is 5.41 Å². The highest BCUT2D eigenvalue weighted by Gasteiger charge is 2.37. The lowest BCUT2D eigenvalue weighted by Crippen LogP contribution is -2.40. The first-order chi connectivity index (χ1) is 22.9. The molecule has 2 aliphatic rings. The number of ether oxygens (including phenoxy) is 1. The van der Waals surface area contributed by atoms with Crippen molar-refractivity contribution >= 4 is 34.7 Å². The van der Waals surface area contributed by atoms with Gasteiger partial charge in [0.15, 0.2) is 5.65 Å². The monoisotopic (exact) mass is 665 g/mol. The van der Waals surface area contributed by atoms with Crippen molar-refractivity contribution in [2.75, 3.05) is 37.5 Å². The van der Waals surface area contributed by atoms with E-state index in [4.69, 9.17) is 9.84 Å². The number of hydrogen-bond acceptors (Lipinski definition) is 8. The van der Waals surface area contributed by atoms with Gasteiger partial charge in [0.25, 0.3) is 5.91 Å². The first-order valence-electron chi connectivity index (χ1n) is 16.1. The molecule has 4 aromatic heterocycles. The number of aryl methyl sites for hydroxylation is 1. The number of imidazole rings is 1. The fourth-order valence-corrected chi connectivity index (χ4v) is 6.59. The third-order valence-electron chi connectivity index (χ3n) is 9.13. The highest BCUT2D eigenvalue weighted by Crippen LogP contribution is 2.43. The van der Waals surface area contributed by atoms with Crippen LogP contribution in [0.2, 0.25) is 0 Å². The molecule has 254 valence electrons. The molecule has 0 bridgehead atoms. The maximum absolute atomic E-state index is 14.0. The third kappa shape index (κ3) is 7.59. The lowest BCUT2D eigenvalue weighted by atomic mass is 9.74. The summed E-state index contributed by atoms with van der Waals surface area (Å²) in [6, 6.07) is 7.62. The molecule has 4 heterocycles. The minimum Gasteiger partial charge on any atom is -0.481 e. The average Bonchev–Trinajstić information content (AvgIpc) is 3.83. The Balaban J connectivity index is 1.37. The number of aromatic amines is 1. The number of nitrogens with one attached hydrogen (secondary N) is 2. The minimum atomic E-state index is -4.62. The first-order valence-corrected chi connectivity index (χ1v) is 16.1. The normalized spacial score (nSPS) is 16.2. The number of carboxylic acid groups (broad SMARTS) is 1. The molecule has 2 aliphatic carbocycles. The number of aromatic nitrogens is 5. The molecule has 0 unspecified atom stereocenters. The third-order valence-corrected chi connectivity index (χ3v) is 9.13. The highest BCUT2D eigenvalue weighted by atomic mass is 19.4. The highest BCUT2D eigenvalue weighted by molar-refractivity contribution is 6.03. The van der Waals surface area contributed by atoms with Crippen LogP contribution in [0.3, 0.4) is 0 Å². The molecule has 6 rings (SSSR count). The van der Waals surface area contributed by atoms with Crippen LogP contribution < -0.4 is 10.2 Å². The predicted molar refractivity (Wildman–Crippen MR) is 173 cm³/mol. The molecule has 0 aromatic carbocycles. The number of rotatable bonds is 12. The van der Waals surface area contributed by atoms with Gasteiger partial charge in [0.1, 0.15) is 16.9 Å². The average molecular weight is 666 g/mol. The Morgan fingerprint density at radius 1 is 1.10 bits per heavy atom. The summed E-state index contributed by atoms with van der Waals surface area (Å²) in [5, 5.41) is 11.6. The van der Waals surface area contributed by atoms with Crippen LogP contribution in [0.5, 0.6) is 0 Å². The van der Waals surface area contributed by atoms with Gasteiger partial charge < -0.3 is 19.7 Å². The molecule has 3 N–H and O–H groups in total. The SMILES string of the molecule is COCC1(CN(C)c2cc(-c3cc(C4CC4)nc(C(F)(F)F)c3)nc3nc(NC(=O)c4ccc(CCC(=O)O)cn4)[nH]c23)CCCCC1. The Bertz CT molecular complexity index is 1790. The molecule has 0 aliphatic heterocycles. The molecule has 2 fully saturated rings. The van der Waals surface area contributed by atoms with Crippen molar-refractivity contribution in [3.8, 4) is 11.3 Å². The number of anilines is 2. The summed E-state index contributed by atoms with van der Waals surface area (Å²) in [5.74, 6) is -1.39. The van der Waals surface area contributed by atoms with Crippen LogP contribution in [-0.4, -0.2) is 69.2 Å². The van der Waals surface area contributed by atoms with Gasteiger partial charge in [-0.3, -0.25) is 19.9 Å². The number of H-pyrrole nitrogens is 1.